The van der Waals surface area contributed by atoms with Crippen LogP contribution >= 0.6 is 0 Å². The predicted molar refractivity (Wildman–Crippen MR) is 65.8 cm³/mol. The van der Waals surface area contributed by atoms with Gasteiger partial charge in [0.15, 0.2) is 0 Å². The van der Waals surface area contributed by atoms with Crippen LogP contribution in [0.5, 0.6) is 0 Å². The van der Waals surface area contributed by atoms with E-state index in [1.54, 1.807) is 0 Å². The molecule has 1 aliphatic carbocycles. The molecule has 17 heavy (non-hydrogen) atoms. The lowest BCUT2D eigenvalue weighted by Gasteiger charge is -2.23. The van der Waals surface area contributed by atoms with Gasteiger partial charge >= 0.3 is 5.97 Å². The third-order valence-corrected chi connectivity index (χ3v) is 3.77. The number of hydrogen-bond acceptors (Lipinski definition) is 3. The second-order valence-corrected chi connectivity index (χ2v) is 5.45. The van der Waals surface area contributed by atoms with E-state index < -0.39 is 0 Å². The van der Waals surface area contributed by atoms with Crippen molar-refractivity contribution in [3.8, 4) is 0 Å². The van der Waals surface area contributed by atoms with Gasteiger partial charge in [-0.15, -0.1) is 0 Å². The van der Waals surface area contributed by atoms with E-state index in [9.17, 15) is 4.79 Å². The van der Waals surface area contributed by atoms with Crippen LogP contribution in [0.1, 0.15) is 64.7 Å². The Bertz CT molecular complexity index is 246. The summed E-state index contributed by atoms with van der Waals surface area (Å²) in [6.07, 6.45) is 10.3. The summed E-state index contributed by atoms with van der Waals surface area (Å²) in [4.78, 5) is 11.4. The van der Waals surface area contributed by atoms with Crippen molar-refractivity contribution in [1.82, 2.24) is 0 Å². The van der Waals surface area contributed by atoms with Crippen molar-refractivity contribution in [3.05, 3.63) is 0 Å². The summed E-state index contributed by atoms with van der Waals surface area (Å²) >= 11 is 0. The van der Waals surface area contributed by atoms with Crippen molar-refractivity contribution in [3.63, 3.8) is 0 Å². The highest BCUT2D eigenvalue weighted by Gasteiger charge is 2.24. The van der Waals surface area contributed by atoms with Gasteiger partial charge in [-0.25, -0.2) is 0 Å². The molecule has 1 heterocycles. The van der Waals surface area contributed by atoms with E-state index in [-0.39, 0.29) is 12.1 Å². The third kappa shape index (κ3) is 4.30. The fourth-order valence-electron chi connectivity index (χ4n) is 2.88. The largest absolute Gasteiger partial charge is 0.463 e. The van der Waals surface area contributed by atoms with Crippen LogP contribution in [-0.4, -0.2) is 24.3 Å². The molecular weight excluding hydrogens is 216 g/mol. The first-order chi connectivity index (χ1) is 8.24. The fraction of sp³-hybridized carbons (Fsp3) is 0.929. The molecule has 0 radical (unpaired) electrons. The molecular formula is C14H24O3. The Balaban J connectivity index is 1.83. The summed E-state index contributed by atoms with van der Waals surface area (Å²) in [7, 11) is 0. The van der Waals surface area contributed by atoms with Crippen molar-refractivity contribution in [2.45, 2.75) is 83.0 Å². The van der Waals surface area contributed by atoms with Gasteiger partial charge in [-0.3, -0.25) is 4.79 Å². The molecule has 2 atom stereocenters. The summed E-state index contributed by atoms with van der Waals surface area (Å²) in [5.74, 6) is -0.0426. The molecule has 0 aromatic heterocycles. The SMILES string of the molecule is CC1CC(OC2CCCC2)CCCCC(=O)O1. The standard InChI is InChI=1S/C14H24O3/c1-11-10-13(17-12-6-2-3-7-12)8-4-5-9-14(15)16-11/h11-13H,2-10H2,1H3. The summed E-state index contributed by atoms with van der Waals surface area (Å²) in [5.41, 5.74) is 0. The Morgan fingerprint density at radius 3 is 2.47 bits per heavy atom. The summed E-state index contributed by atoms with van der Waals surface area (Å²) in [5, 5.41) is 0. The minimum Gasteiger partial charge on any atom is -0.463 e. The Morgan fingerprint density at radius 2 is 1.71 bits per heavy atom. The highest BCUT2D eigenvalue weighted by molar-refractivity contribution is 5.69. The zero-order valence-electron chi connectivity index (χ0n) is 10.8. The number of ether oxygens (including phenoxy) is 2. The first-order valence-corrected chi connectivity index (χ1v) is 7.09. The lowest BCUT2D eigenvalue weighted by molar-refractivity contribution is -0.149. The molecule has 0 spiro atoms. The van der Waals surface area contributed by atoms with Gasteiger partial charge in [0.25, 0.3) is 0 Å². The Kier molecular flexibility index (Phi) is 4.84. The van der Waals surface area contributed by atoms with Crippen LogP contribution in [0.25, 0.3) is 0 Å². The molecule has 0 aromatic carbocycles. The highest BCUT2D eigenvalue weighted by atomic mass is 16.5. The average Bonchev–Trinajstić information content (AvgIpc) is 2.77. The second kappa shape index (κ2) is 6.39. The number of rotatable bonds is 2. The quantitative estimate of drug-likeness (QED) is 0.695. The zero-order valence-corrected chi connectivity index (χ0v) is 10.8. The average molecular weight is 240 g/mol. The maximum Gasteiger partial charge on any atom is 0.306 e. The number of hydrogen-bond donors (Lipinski definition) is 0. The summed E-state index contributed by atoms with van der Waals surface area (Å²) < 4.78 is 11.5. The number of esters is 1. The second-order valence-electron chi connectivity index (χ2n) is 5.45. The highest BCUT2D eigenvalue weighted by Crippen LogP contribution is 2.26. The van der Waals surface area contributed by atoms with Gasteiger partial charge in [0.1, 0.15) is 6.10 Å². The van der Waals surface area contributed by atoms with Crippen LogP contribution in [-0.2, 0) is 14.3 Å². The van der Waals surface area contributed by atoms with Crippen LogP contribution in [0.3, 0.4) is 0 Å². The lowest BCUT2D eigenvalue weighted by Crippen LogP contribution is -2.25. The molecule has 1 saturated heterocycles. The van der Waals surface area contributed by atoms with Crippen molar-refractivity contribution < 1.29 is 14.3 Å². The van der Waals surface area contributed by atoms with Crippen LogP contribution in [0, 0.1) is 0 Å². The molecule has 0 aromatic rings. The van der Waals surface area contributed by atoms with Gasteiger partial charge in [-0.1, -0.05) is 19.3 Å². The Hall–Kier alpha value is -0.570. The molecule has 3 nitrogen and oxygen atoms in total. The van der Waals surface area contributed by atoms with Gasteiger partial charge < -0.3 is 9.47 Å². The molecule has 0 N–H and O–H groups in total. The molecule has 0 bridgehead atoms. The minimum atomic E-state index is -0.0426. The molecule has 2 aliphatic rings. The maximum atomic E-state index is 11.4. The molecule has 2 rings (SSSR count). The number of carbonyl (C=O) groups is 1. The Labute approximate surface area is 104 Å². The van der Waals surface area contributed by atoms with Gasteiger partial charge in [0, 0.05) is 12.8 Å². The van der Waals surface area contributed by atoms with E-state index >= 15 is 0 Å². The first-order valence-electron chi connectivity index (χ1n) is 7.09. The molecule has 1 aliphatic heterocycles. The van der Waals surface area contributed by atoms with E-state index in [2.05, 4.69) is 0 Å². The molecule has 98 valence electrons. The molecule has 1 saturated carbocycles. The topological polar surface area (TPSA) is 35.5 Å². The first kappa shape index (κ1) is 12.9. The minimum absolute atomic E-state index is 0.00648. The van der Waals surface area contributed by atoms with E-state index in [0.29, 0.717) is 18.6 Å². The van der Waals surface area contributed by atoms with Gasteiger partial charge in [-0.05, 0) is 32.6 Å². The Morgan fingerprint density at radius 1 is 1.06 bits per heavy atom. The van der Waals surface area contributed by atoms with Crippen molar-refractivity contribution >= 4 is 5.97 Å². The van der Waals surface area contributed by atoms with Gasteiger partial charge in [0.2, 0.25) is 0 Å². The van der Waals surface area contributed by atoms with E-state index in [1.165, 1.54) is 25.7 Å². The third-order valence-electron chi connectivity index (χ3n) is 3.77. The van der Waals surface area contributed by atoms with E-state index in [0.717, 1.165) is 25.7 Å². The molecule has 3 heteroatoms. The van der Waals surface area contributed by atoms with Crippen LogP contribution in [0.15, 0.2) is 0 Å². The summed E-state index contributed by atoms with van der Waals surface area (Å²) in [6.45, 7) is 1.98. The van der Waals surface area contributed by atoms with Crippen molar-refractivity contribution in [2.75, 3.05) is 0 Å². The monoisotopic (exact) mass is 240 g/mol. The molecule has 2 fully saturated rings. The fourth-order valence-corrected chi connectivity index (χ4v) is 2.88. The maximum absolute atomic E-state index is 11.4. The molecule has 2 unspecified atom stereocenters. The smallest absolute Gasteiger partial charge is 0.306 e. The number of carbonyl (C=O) groups excluding carboxylic acids is 1. The lowest BCUT2D eigenvalue weighted by atomic mass is 10.1. The summed E-state index contributed by atoms with van der Waals surface area (Å²) in [6, 6.07) is 0. The van der Waals surface area contributed by atoms with Crippen molar-refractivity contribution in [1.29, 1.82) is 0 Å². The van der Waals surface area contributed by atoms with Gasteiger partial charge in [0.05, 0.1) is 12.2 Å². The zero-order chi connectivity index (χ0) is 12.1. The predicted octanol–water partition coefficient (Wildman–Crippen LogP) is 3.21. The van der Waals surface area contributed by atoms with E-state index in [4.69, 9.17) is 9.47 Å². The van der Waals surface area contributed by atoms with Gasteiger partial charge in [-0.2, -0.15) is 0 Å². The van der Waals surface area contributed by atoms with Crippen molar-refractivity contribution in [2.24, 2.45) is 0 Å². The van der Waals surface area contributed by atoms with Crippen LogP contribution in [0.2, 0.25) is 0 Å². The molecule has 0 amide bonds. The van der Waals surface area contributed by atoms with E-state index in [1.807, 2.05) is 6.92 Å². The van der Waals surface area contributed by atoms with Crippen LogP contribution < -0.4 is 0 Å². The van der Waals surface area contributed by atoms with Crippen LogP contribution in [0.4, 0.5) is 0 Å². The normalized spacial score (nSPS) is 32.6. The number of cyclic esters (lactones) is 1.